The molecule has 0 aliphatic carbocycles. The van der Waals surface area contributed by atoms with Crippen molar-refractivity contribution in [3.8, 4) is 80.0 Å². The molecule has 4 aliphatic heterocycles. The summed E-state index contributed by atoms with van der Waals surface area (Å²) in [4.78, 5) is 79.3. The Bertz CT molecular complexity index is 6750. The average molecular weight is 1970 g/mol. The number of methoxy groups -OCH3 is 6. The van der Waals surface area contributed by atoms with Crippen LogP contribution in [0.25, 0.3) is 45.6 Å². The van der Waals surface area contributed by atoms with Crippen LogP contribution in [0, 0.1) is 6.92 Å². The lowest BCUT2D eigenvalue weighted by Gasteiger charge is -2.30. The number of benzene rings is 4. The van der Waals surface area contributed by atoms with Gasteiger partial charge < -0.3 is 90.4 Å². The number of rotatable bonds is 30. The molecule has 0 atom stereocenters. The second-order valence-corrected chi connectivity index (χ2v) is 35.6. The zero-order chi connectivity index (χ0) is 100. The van der Waals surface area contributed by atoms with Gasteiger partial charge in [-0.3, -0.25) is 39.9 Å². The summed E-state index contributed by atoms with van der Waals surface area (Å²) >= 11 is 6.44. The first kappa shape index (κ1) is 100. The molecule has 0 spiro atoms. The Morgan fingerprint density at radius 2 is 0.545 bits per heavy atom. The van der Waals surface area contributed by atoms with E-state index in [-0.39, 0.29) is 0 Å². The van der Waals surface area contributed by atoms with Crippen LogP contribution in [0.5, 0.6) is 34.5 Å². The van der Waals surface area contributed by atoms with Gasteiger partial charge in [0.1, 0.15) is 56.6 Å². The summed E-state index contributed by atoms with van der Waals surface area (Å²) in [6, 6.07) is 62.9. The van der Waals surface area contributed by atoms with Crippen LogP contribution in [-0.2, 0) is 4.74 Å². The maximum absolute atomic E-state index is 6.44. The third kappa shape index (κ3) is 26.2. The highest BCUT2D eigenvalue weighted by Crippen LogP contribution is 2.44. The number of aromatic nitrogens is 16. The Hall–Kier alpha value is -16.3. The van der Waals surface area contributed by atoms with Crippen molar-refractivity contribution in [2.75, 3.05) is 159 Å². The molecule has 20 rings (SSSR count). The molecule has 12 aromatic heterocycles. The predicted molar refractivity (Wildman–Crippen MR) is 570 cm³/mol. The largest absolute Gasteiger partial charge is 0.496 e. The van der Waals surface area contributed by atoms with Gasteiger partial charge in [0.15, 0.2) is 29.0 Å². The molecule has 145 heavy (non-hydrogen) atoms. The topological polar surface area (TPSA) is 377 Å². The number of likely N-dealkylation sites (tertiary alicyclic amines) is 3. The van der Waals surface area contributed by atoms with Crippen LogP contribution in [0.3, 0.4) is 0 Å². The van der Waals surface area contributed by atoms with E-state index < -0.39 is 0 Å². The van der Waals surface area contributed by atoms with E-state index in [1.807, 2.05) is 165 Å². The molecule has 4 aromatic carbocycles. The molecule has 4 saturated heterocycles. The normalized spacial score (nSPS) is 14.2. The maximum Gasteiger partial charge on any atom is 0.229 e. The molecule has 8 N–H and O–H groups in total. The van der Waals surface area contributed by atoms with Gasteiger partial charge in [0.05, 0.1) is 107 Å². The zero-order valence-electron chi connectivity index (χ0n) is 82.8. The number of anilines is 16. The quantitative estimate of drug-likeness (QED) is 0.0207. The standard InChI is InChI=1S/C28H31N7O2.C28H31N7O.C27H28ClN7O.C27H28N6O3/c1-35-15-11-19(12-16-35)21-10-9-20(17-24(21)36-2)32-28-31-18-25(37-3)27(34-28)33-23-8-6-14-30-26(23)22-7-4-5-13-29-22;1-19-18-31-28(32-21-9-10-22(25(17-21)36-3)20-11-15-35(2)16-12-20)34-27(19)33-24-8-6-14-30-26(24)23-7-4-5-13-29-23;1-35-14-10-18(11-15-35)20-9-8-19(16-24(20)36-2)32-27-31-17-21(28)26(34-27)33-23-7-5-13-30-25(23)22-6-3-4-12-29-22;1-34-23-16-19(8-9-20(23)18-10-14-36-15-11-18)31-27-30-17-24(35-2)26(33-27)32-22-7-5-13-29-25(22)21-6-3-4-12-28-21/h4-10,13-14,17-19H,11-12,15-16H2,1-3H3,(H2,31,32,33,34);4-10,13-14,17-18,20H,11-12,15-16H2,1-3H3,(H2,31,32,33,34);3-9,12-13,16-18H,10-11,14-15H2,1-2H3,(H2,31,32,33,34);3-9,12-13,16-18H,10-11,14-15H2,1-2H3,(H2,30,31,32,33). The van der Waals surface area contributed by atoms with E-state index in [2.05, 4.69) is 185 Å². The van der Waals surface area contributed by atoms with E-state index in [1.165, 1.54) is 22.3 Å². The van der Waals surface area contributed by atoms with E-state index in [0.29, 0.717) is 104 Å². The van der Waals surface area contributed by atoms with Crippen molar-refractivity contribution in [1.29, 1.82) is 0 Å². The number of ether oxygens (including phenoxy) is 7. The first-order valence-corrected chi connectivity index (χ1v) is 48.6. The minimum Gasteiger partial charge on any atom is -0.496 e. The molecular weight excluding hydrogens is 1850 g/mol. The second kappa shape index (κ2) is 49.4. The van der Waals surface area contributed by atoms with Crippen LogP contribution in [-0.4, -0.2) is 211 Å². The van der Waals surface area contributed by atoms with Crippen LogP contribution in [0.1, 0.15) is 103 Å². The zero-order valence-corrected chi connectivity index (χ0v) is 83.5. The molecule has 0 radical (unpaired) electrons. The number of halogens is 1. The first-order chi connectivity index (χ1) is 71.1. The molecule has 0 unspecified atom stereocenters. The van der Waals surface area contributed by atoms with Gasteiger partial charge in [-0.05, 0) is 286 Å². The van der Waals surface area contributed by atoms with Gasteiger partial charge in [-0.1, -0.05) is 60.1 Å². The number of pyridine rings is 8. The highest BCUT2D eigenvalue weighted by Gasteiger charge is 2.29. The summed E-state index contributed by atoms with van der Waals surface area (Å²) in [6.45, 7) is 10.2. The molecule has 0 bridgehead atoms. The third-order valence-electron chi connectivity index (χ3n) is 25.6. The summed E-state index contributed by atoms with van der Waals surface area (Å²) < 4.78 is 39.5. The van der Waals surface area contributed by atoms with Gasteiger partial charge in [-0.2, -0.15) is 19.9 Å². The molecule has 34 nitrogen and oxygen atoms in total. The number of nitrogens with zero attached hydrogens (tertiary/aromatic N) is 19. The Kier molecular flexibility index (Phi) is 34.2. The Balaban J connectivity index is 0.000000132. The van der Waals surface area contributed by atoms with E-state index in [1.54, 1.807) is 117 Å². The number of hydrogen-bond donors (Lipinski definition) is 8. The van der Waals surface area contributed by atoms with E-state index in [4.69, 9.17) is 54.7 Å². The lowest BCUT2D eigenvalue weighted by Crippen LogP contribution is -2.29. The number of aryl methyl sites for hydroxylation is 1. The predicted octanol–water partition coefficient (Wildman–Crippen LogP) is 22.0. The van der Waals surface area contributed by atoms with Crippen molar-refractivity contribution in [2.45, 2.75) is 82.0 Å². The van der Waals surface area contributed by atoms with E-state index in [9.17, 15) is 0 Å². The Morgan fingerprint density at radius 1 is 0.276 bits per heavy atom. The molecule has 4 aliphatic rings. The van der Waals surface area contributed by atoms with Crippen molar-refractivity contribution in [2.24, 2.45) is 0 Å². The van der Waals surface area contributed by atoms with Gasteiger partial charge in [-0.25, -0.2) is 19.9 Å². The van der Waals surface area contributed by atoms with Crippen LogP contribution in [0.4, 0.5) is 92.6 Å². The fourth-order valence-corrected chi connectivity index (χ4v) is 18.0. The van der Waals surface area contributed by atoms with E-state index in [0.717, 1.165) is 206 Å². The van der Waals surface area contributed by atoms with Crippen molar-refractivity contribution >= 4 is 104 Å². The number of nitrogens with one attached hydrogen (secondary N) is 8. The van der Waals surface area contributed by atoms with Gasteiger partial charge in [0, 0.05) is 122 Å². The molecule has 35 heteroatoms. The minimum absolute atomic E-state index is 0.395. The Morgan fingerprint density at radius 3 is 0.848 bits per heavy atom. The summed E-state index contributed by atoms with van der Waals surface area (Å²) in [6.07, 6.45) is 29.4. The van der Waals surface area contributed by atoms with Gasteiger partial charge in [0.25, 0.3) is 0 Å². The summed E-state index contributed by atoms with van der Waals surface area (Å²) in [5.74, 6) is 10.4. The summed E-state index contributed by atoms with van der Waals surface area (Å²) in [5, 5.41) is 27.0. The summed E-state index contributed by atoms with van der Waals surface area (Å²) in [7, 11) is 16.6. The minimum atomic E-state index is 0.395. The smallest absolute Gasteiger partial charge is 0.229 e. The van der Waals surface area contributed by atoms with Gasteiger partial charge in [0.2, 0.25) is 23.8 Å². The highest BCUT2D eigenvalue weighted by molar-refractivity contribution is 6.33. The van der Waals surface area contributed by atoms with Crippen molar-refractivity contribution in [1.82, 2.24) is 94.4 Å². The lowest BCUT2D eigenvalue weighted by atomic mass is 9.89. The van der Waals surface area contributed by atoms with Crippen LogP contribution >= 0.6 is 11.6 Å². The van der Waals surface area contributed by atoms with Crippen molar-refractivity contribution in [3.05, 3.63) is 301 Å². The molecule has 0 amide bonds. The first-order valence-electron chi connectivity index (χ1n) is 48.3. The third-order valence-corrected chi connectivity index (χ3v) is 25.9. The number of hydrogen-bond acceptors (Lipinski definition) is 34. The van der Waals surface area contributed by atoms with Crippen LogP contribution in [0.15, 0.2) is 268 Å². The lowest BCUT2D eigenvalue weighted by molar-refractivity contribution is 0.0848. The number of piperidine rings is 3. The summed E-state index contributed by atoms with van der Waals surface area (Å²) in [5.41, 5.74) is 18.3. The fourth-order valence-electron chi connectivity index (χ4n) is 17.8. The van der Waals surface area contributed by atoms with Crippen molar-refractivity contribution < 1.29 is 33.2 Å². The van der Waals surface area contributed by atoms with Crippen molar-refractivity contribution in [3.63, 3.8) is 0 Å². The monoisotopic (exact) mass is 1960 g/mol. The van der Waals surface area contributed by atoms with Gasteiger partial charge >= 0.3 is 0 Å². The van der Waals surface area contributed by atoms with Crippen LogP contribution in [0.2, 0.25) is 5.02 Å². The molecule has 0 saturated carbocycles. The molecular formula is C110H118ClN27O7. The maximum atomic E-state index is 6.44. The van der Waals surface area contributed by atoms with Gasteiger partial charge in [-0.15, -0.1) is 0 Å². The highest BCUT2D eigenvalue weighted by atomic mass is 35.5. The molecule has 742 valence electrons. The average Bonchev–Trinajstić information content (AvgIpc) is 0.810. The van der Waals surface area contributed by atoms with Crippen LogP contribution < -0.4 is 71.0 Å². The molecule has 16 aromatic rings. The fraction of sp³-hybridized carbons (Fsp3) is 0.273. The second-order valence-electron chi connectivity index (χ2n) is 35.2. The molecule has 16 heterocycles. The Labute approximate surface area is 849 Å². The van der Waals surface area contributed by atoms with E-state index >= 15 is 0 Å². The molecule has 4 fully saturated rings. The SMILES string of the molecule is COc1cc(Nc2ncc(C)c(Nc3cccnc3-c3ccccn3)n2)ccc1C1CCN(C)CC1.COc1cc(Nc2ncc(Cl)c(Nc3cccnc3-c3ccccn3)n2)ccc1C1CCN(C)CC1.COc1cc(Nc2ncc(OC)c(Nc3cccnc3-c3ccccn3)n2)ccc1C1CCN(C)CC1.COc1cc(Nc2ncc(OC)c(Nc3cccnc3-c3ccccn3)n2)ccc1C1CCOCC1.